The molecule has 1 aromatic carbocycles. The molecule has 5 N–H and O–H groups in total. The number of urea groups is 1. The molecule has 1 aromatic heterocycles. The van der Waals surface area contributed by atoms with Gasteiger partial charge in [0.05, 0.1) is 11.2 Å². The number of nitrogens with one attached hydrogen (secondary N) is 1. The van der Waals surface area contributed by atoms with Crippen LogP contribution in [-0.2, 0) is 4.79 Å². The standard InChI is InChI=1S/C14H15N5O3S/c15-11(20)12-18(5-6-23-12)14(22)17-9-7-19(13(16)21)10-4-2-1-3-8(9)10/h1-4,7,12H,5-6H2,(H2,15,20)(H2,16,21)(H,17,22)/t12-/m0/s1. The van der Waals surface area contributed by atoms with Crippen molar-refractivity contribution in [3.05, 3.63) is 30.5 Å². The number of hydrogen-bond acceptors (Lipinski definition) is 4. The lowest BCUT2D eigenvalue weighted by molar-refractivity contribution is -0.119. The van der Waals surface area contributed by atoms with Crippen molar-refractivity contribution in [2.45, 2.75) is 5.37 Å². The lowest BCUT2D eigenvalue weighted by Gasteiger charge is -2.21. The van der Waals surface area contributed by atoms with Crippen LogP contribution in [-0.4, -0.2) is 45.1 Å². The fourth-order valence-electron chi connectivity index (χ4n) is 2.56. The number of benzene rings is 1. The summed E-state index contributed by atoms with van der Waals surface area (Å²) < 4.78 is 1.26. The average molecular weight is 333 g/mol. The van der Waals surface area contributed by atoms with E-state index in [1.807, 2.05) is 0 Å². The molecule has 0 radical (unpaired) electrons. The highest BCUT2D eigenvalue weighted by atomic mass is 32.2. The highest BCUT2D eigenvalue weighted by molar-refractivity contribution is 8.00. The van der Waals surface area contributed by atoms with Crippen LogP contribution in [0.1, 0.15) is 0 Å². The number of para-hydroxylation sites is 1. The van der Waals surface area contributed by atoms with E-state index >= 15 is 0 Å². The number of fused-ring (bicyclic) bond motifs is 1. The molecule has 1 fully saturated rings. The summed E-state index contributed by atoms with van der Waals surface area (Å²) >= 11 is 1.32. The number of aromatic nitrogens is 1. The van der Waals surface area contributed by atoms with Crippen LogP contribution < -0.4 is 16.8 Å². The van der Waals surface area contributed by atoms with Crippen LogP contribution in [0.2, 0.25) is 0 Å². The molecule has 2 aromatic rings. The molecule has 0 spiro atoms. The maximum atomic E-state index is 12.4. The molecule has 23 heavy (non-hydrogen) atoms. The number of primary amides is 2. The Balaban J connectivity index is 1.91. The van der Waals surface area contributed by atoms with Gasteiger partial charge in [-0.05, 0) is 6.07 Å². The minimum atomic E-state index is -0.681. The van der Waals surface area contributed by atoms with Crippen molar-refractivity contribution in [1.82, 2.24) is 9.47 Å². The molecular weight excluding hydrogens is 318 g/mol. The number of hydrogen-bond donors (Lipinski definition) is 3. The maximum Gasteiger partial charge on any atom is 0.323 e. The van der Waals surface area contributed by atoms with E-state index in [1.165, 1.54) is 27.4 Å². The molecule has 1 aliphatic heterocycles. The molecular formula is C14H15N5O3S. The first kappa shape index (κ1) is 15.2. The summed E-state index contributed by atoms with van der Waals surface area (Å²) in [6.07, 6.45) is 1.47. The van der Waals surface area contributed by atoms with Gasteiger partial charge < -0.3 is 21.7 Å². The van der Waals surface area contributed by atoms with Crippen LogP contribution in [0.3, 0.4) is 0 Å². The molecule has 0 saturated carbocycles. The number of carbonyl (C=O) groups excluding carboxylic acids is 3. The van der Waals surface area contributed by atoms with Gasteiger partial charge in [0.1, 0.15) is 0 Å². The molecule has 120 valence electrons. The molecule has 0 unspecified atom stereocenters. The largest absolute Gasteiger partial charge is 0.367 e. The average Bonchev–Trinajstić information content (AvgIpc) is 3.12. The SMILES string of the molecule is NC(=O)[C@@H]1SCCN1C(=O)Nc1cn(C(N)=O)c2ccccc12. The Morgan fingerprint density at radius 2 is 1.96 bits per heavy atom. The first-order valence-electron chi connectivity index (χ1n) is 6.87. The highest BCUT2D eigenvalue weighted by Crippen LogP contribution is 2.28. The van der Waals surface area contributed by atoms with E-state index in [1.54, 1.807) is 24.3 Å². The highest BCUT2D eigenvalue weighted by Gasteiger charge is 2.33. The van der Waals surface area contributed by atoms with Gasteiger partial charge in [0, 0.05) is 23.9 Å². The molecule has 1 saturated heterocycles. The summed E-state index contributed by atoms with van der Waals surface area (Å²) in [4.78, 5) is 36.7. The zero-order chi connectivity index (χ0) is 16.6. The Bertz CT molecular complexity index is 803. The molecule has 1 atom stereocenters. The lowest BCUT2D eigenvalue weighted by atomic mass is 10.2. The van der Waals surface area contributed by atoms with Crippen LogP contribution in [0.15, 0.2) is 30.5 Å². The first-order valence-corrected chi connectivity index (χ1v) is 7.92. The smallest absolute Gasteiger partial charge is 0.323 e. The van der Waals surface area contributed by atoms with Gasteiger partial charge in [-0.25, -0.2) is 9.59 Å². The zero-order valence-corrected chi connectivity index (χ0v) is 12.9. The third kappa shape index (κ3) is 2.70. The molecule has 0 aliphatic carbocycles. The Kier molecular flexibility index (Phi) is 3.87. The number of nitrogens with two attached hydrogens (primary N) is 2. The van der Waals surface area contributed by atoms with Gasteiger partial charge in [0.15, 0.2) is 5.37 Å². The van der Waals surface area contributed by atoms with Gasteiger partial charge in [-0.1, -0.05) is 18.2 Å². The molecule has 2 heterocycles. The first-order chi connectivity index (χ1) is 11.0. The van der Waals surface area contributed by atoms with E-state index in [-0.39, 0.29) is 0 Å². The van der Waals surface area contributed by atoms with Crippen molar-refractivity contribution >= 4 is 46.3 Å². The zero-order valence-electron chi connectivity index (χ0n) is 12.1. The Morgan fingerprint density at radius 1 is 1.22 bits per heavy atom. The molecule has 8 nitrogen and oxygen atoms in total. The van der Waals surface area contributed by atoms with Crippen molar-refractivity contribution in [3.8, 4) is 0 Å². The molecule has 4 amide bonds. The predicted molar refractivity (Wildman–Crippen MR) is 88.1 cm³/mol. The number of rotatable bonds is 2. The summed E-state index contributed by atoms with van der Waals surface area (Å²) in [5.74, 6) is 0.0894. The summed E-state index contributed by atoms with van der Waals surface area (Å²) in [6, 6.07) is 5.98. The molecule has 0 bridgehead atoms. The molecule has 1 aliphatic rings. The van der Waals surface area contributed by atoms with Gasteiger partial charge in [-0.3, -0.25) is 9.36 Å². The van der Waals surface area contributed by atoms with Gasteiger partial charge in [-0.15, -0.1) is 11.8 Å². The second-order valence-corrected chi connectivity index (χ2v) is 6.21. The van der Waals surface area contributed by atoms with Crippen molar-refractivity contribution in [2.24, 2.45) is 11.5 Å². The van der Waals surface area contributed by atoms with Crippen LogP contribution in [0.25, 0.3) is 10.9 Å². The van der Waals surface area contributed by atoms with E-state index in [2.05, 4.69) is 5.32 Å². The Hall–Kier alpha value is -2.68. The summed E-state index contributed by atoms with van der Waals surface area (Å²) in [5, 5.41) is 2.73. The minimum Gasteiger partial charge on any atom is -0.367 e. The minimum absolute atomic E-state index is 0.429. The molecule has 9 heteroatoms. The summed E-state index contributed by atoms with van der Waals surface area (Å²) in [6.45, 7) is 0.429. The van der Waals surface area contributed by atoms with E-state index in [0.29, 0.717) is 28.9 Å². The fourth-order valence-corrected chi connectivity index (χ4v) is 3.63. The topological polar surface area (TPSA) is 123 Å². The van der Waals surface area contributed by atoms with Crippen LogP contribution >= 0.6 is 11.8 Å². The summed E-state index contributed by atoms with van der Waals surface area (Å²) in [7, 11) is 0. The molecule has 3 rings (SSSR count). The van der Waals surface area contributed by atoms with Gasteiger partial charge >= 0.3 is 12.1 Å². The van der Waals surface area contributed by atoms with E-state index < -0.39 is 23.3 Å². The number of thioether (sulfide) groups is 1. The van der Waals surface area contributed by atoms with Crippen LogP contribution in [0.4, 0.5) is 15.3 Å². The second kappa shape index (κ2) is 5.84. The number of carbonyl (C=O) groups is 3. The number of anilines is 1. The quantitative estimate of drug-likeness (QED) is 0.757. The third-order valence-electron chi connectivity index (χ3n) is 3.59. The normalized spacial score (nSPS) is 17.4. The second-order valence-electron chi connectivity index (χ2n) is 5.02. The van der Waals surface area contributed by atoms with Crippen molar-refractivity contribution < 1.29 is 14.4 Å². The van der Waals surface area contributed by atoms with E-state index in [9.17, 15) is 14.4 Å². The van der Waals surface area contributed by atoms with Crippen LogP contribution in [0.5, 0.6) is 0 Å². The van der Waals surface area contributed by atoms with Gasteiger partial charge in [0.2, 0.25) is 0 Å². The predicted octanol–water partition coefficient (Wildman–Crippen LogP) is 0.960. The Morgan fingerprint density at radius 3 is 2.65 bits per heavy atom. The number of amides is 4. The maximum absolute atomic E-state index is 12.4. The lowest BCUT2D eigenvalue weighted by Crippen LogP contribution is -2.44. The fraction of sp³-hybridized carbons (Fsp3) is 0.214. The van der Waals surface area contributed by atoms with Crippen LogP contribution in [0, 0.1) is 0 Å². The van der Waals surface area contributed by atoms with Crippen molar-refractivity contribution in [1.29, 1.82) is 0 Å². The monoisotopic (exact) mass is 333 g/mol. The van der Waals surface area contributed by atoms with Crippen molar-refractivity contribution in [3.63, 3.8) is 0 Å². The van der Waals surface area contributed by atoms with Crippen molar-refractivity contribution in [2.75, 3.05) is 17.6 Å². The van der Waals surface area contributed by atoms with E-state index in [4.69, 9.17) is 11.5 Å². The Labute approximate surface area is 135 Å². The van der Waals surface area contributed by atoms with Gasteiger partial charge in [-0.2, -0.15) is 0 Å². The third-order valence-corrected chi connectivity index (χ3v) is 4.81. The van der Waals surface area contributed by atoms with Gasteiger partial charge in [0.25, 0.3) is 5.91 Å². The summed E-state index contributed by atoms with van der Waals surface area (Å²) in [5.41, 5.74) is 11.7. The van der Waals surface area contributed by atoms with E-state index in [0.717, 1.165) is 0 Å². The number of nitrogens with zero attached hydrogens (tertiary/aromatic N) is 2.